The van der Waals surface area contributed by atoms with Crippen molar-refractivity contribution >= 4 is 5.91 Å². The van der Waals surface area contributed by atoms with Crippen LogP contribution in [-0.4, -0.2) is 29.9 Å². The number of carbonyl (C=O) groups excluding carboxylic acids is 1. The molecule has 0 saturated carbocycles. The van der Waals surface area contributed by atoms with Crippen LogP contribution in [0.3, 0.4) is 0 Å². The minimum absolute atomic E-state index is 0.121. The Balaban J connectivity index is 2.04. The molecule has 3 heteroatoms. The third kappa shape index (κ3) is 3.60. The number of carbonyl (C=O) groups is 1. The number of amides is 1. The average molecular weight is 274 g/mol. The maximum Gasteiger partial charge on any atom is 0.222 e. The van der Waals surface area contributed by atoms with Crippen molar-refractivity contribution in [2.75, 3.05) is 13.1 Å². The van der Waals surface area contributed by atoms with Gasteiger partial charge in [0.15, 0.2) is 0 Å². The van der Waals surface area contributed by atoms with E-state index in [9.17, 15) is 4.79 Å². The molecule has 1 saturated heterocycles. The van der Waals surface area contributed by atoms with E-state index in [-0.39, 0.29) is 11.9 Å². The SMILES string of the molecule is CCC(=O)N1CC(N)CC(Cc2ccc(C)c(C)c2)C1. The first-order chi connectivity index (χ1) is 9.49. The van der Waals surface area contributed by atoms with Gasteiger partial charge in [-0.3, -0.25) is 4.79 Å². The van der Waals surface area contributed by atoms with Crippen molar-refractivity contribution in [3.05, 3.63) is 34.9 Å². The van der Waals surface area contributed by atoms with Gasteiger partial charge >= 0.3 is 0 Å². The minimum atomic E-state index is 0.121. The standard InChI is InChI=1S/C17H26N2O/c1-4-17(20)19-10-15(9-16(18)11-19)8-14-6-5-12(2)13(3)7-14/h5-7,15-16H,4,8-11,18H2,1-3H3. The summed E-state index contributed by atoms with van der Waals surface area (Å²) in [7, 11) is 0. The fourth-order valence-corrected chi connectivity index (χ4v) is 3.09. The number of hydrogen-bond acceptors (Lipinski definition) is 2. The second kappa shape index (κ2) is 6.40. The van der Waals surface area contributed by atoms with Gasteiger partial charge in [-0.15, -0.1) is 0 Å². The number of likely N-dealkylation sites (tertiary alicyclic amines) is 1. The van der Waals surface area contributed by atoms with Crippen LogP contribution in [0.25, 0.3) is 0 Å². The molecule has 1 aromatic carbocycles. The van der Waals surface area contributed by atoms with Crippen molar-refractivity contribution in [3.63, 3.8) is 0 Å². The number of piperidine rings is 1. The molecular formula is C17H26N2O. The third-order valence-electron chi connectivity index (χ3n) is 4.32. The number of nitrogens with zero attached hydrogens (tertiary/aromatic N) is 1. The molecule has 1 aliphatic rings. The van der Waals surface area contributed by atoms with Crippen LogP contribution in [-0.2, 0) is 11.2 Å². The van der Waals surface area contributed by atoms with Gasteiger partial charge in [0.05, 0.1) is 0 Å². The minimum Gasteiger partial charge on any atom is -0.341 e. The number of rotatable bonds is 3. The molecule has 2 atom stereocenters. The Hall–Kier alpha value is -1.35. The van der Waals surface area contributed by atoms with Crippen LogP contribution in [0, 0.1) is 19.8 Å². The normalized spacial score (nSPS) is 22.9. The van der Waals surface area contributed by atoms with Gasteiger partial charge < -0.3 is 10.6 Å². The molecule has 3 nitrogen and oxygen atoms in total. The van der Waals surface area contributed by atoms with E-state index in [1.807, 2.05) is 11.8 Å². The second-order valence-corrected chi connectivity index (χ2v) is 6.14. The summed E-state index contributed by atoms with van der Waals surface area (Å²) in [5, 5.41) is 0. The van der Waals surface area contributed by atoms with Crippen LogP contribution in [0.4, 0.5) is 0 Å². The summed E-state index contributed by atoms with van der Waals surface area (Å²) >= 11 is 0. The summed E-state index contributed by atoms with van der Waals surface area (Å²) in [6.45, 7) is 7.78. The zero-order valence-electron chi connectivity index (χ0n) is 12.9. The molecule has 1 fully saturated rings. The topological polar surface area (TPSA) is 46.3 Å². The fraction of sp³-hybridized carbons (Fsp3) is 0.588. The van der Waals surface area contributed by atoms with E-state index in [2.05, 4.69) is 32.0 Å². The van der Waals surface area contributed by atoms with Gasteiger partial charge in [0.1, 0.15) is 0 Å². The summed E-state index contributed by atoms with van der Waals surface area (Å²) < 4.78 is 0. The van der Waals surface area contributed by atoms with Gasteiger partial charge in [-0.05, 0) is 49.3 Å². The molecular weight excluding hydrogens is 248 g/mol. The first kappa shape index (κ1) is 15.0. The maximum absolute atomic E-state index is 11.9. The maximum atomic E-state index is 11.9. The van der Waals surface area contributed by atoms with Crippen molar-refractivity contribution in [2.45, 2.75) is 46.1 Å². The van der Waals surface area contributed by atoms with Crippen LogP contribution in [0.5, 0.6) is 0 Å². The lowest BCUT2D eigenvalue weighted by Crippen LogP contribution is -2.49. The molecule has 0 aromatic heterocycles. The summed E-state index contributed by atoms with van der Waals surface area (Å²) in [4.78, 5) is 13.8. The number of hydrogen-bond donors (Lipinski definition) is 1. The first-order valence-corrected chi connectivity index (χ1v) is 7.59. The highest BCUT2D eigenvalue weighted by Gasteiger charge is 2.27. The van der Waals surface area contributed by atoms with Crippen molar-refractivity contribution in [3.8, 4) is 0 Å². The van der Waals surface area contributed by atoms with Crippen molar-refractivity contribution in [2.24, 2.45) is 11.7 Å². The van der Waals surface area contributed by atoms with Gasteiger partial charge in [0, 0.05) is 25.6 Å². The molecule has 0 spiro atoms. The molecule has 1 heterocycles. The molecule has 2 N–H and O–H groups in total. The zero-order valence-corrected chi connectivity index (χ0v) is 12.9. The van der Waals surface area contributed by atoms with E-state index in [4.69, 9.17) is 5.73 Å². The largest absolute Gasteiger partial charge is 0.341 e. The molecule has 0 aliphatic carbocycles. The van der Waals surface area contributed by atoms with Gasteiger partial charge in [-0.25, -0.2) is 0 Å². The monoisotopic (exact) mass is 274 g/mol. The van der Waals surface area contributed by atoms with E-state index in [1.165, 1.54) is 16.7 Å². The van der Waals surface area contributed by atoms with E-state index in [1.54, 1.807) is 0 Å². The Morgan fingerprint density at radius 2 is 2.05 bits per heavy atom. The fourth-order valence-electron chi connectivity index (χ4n) is 3.09. The van der Waals surface area contributed by atoms with Crippen LogP contribution >= 0.6 is 0 Å². The predicted molar refractivity (Wildman–Crippen MR) is 82.6 cm³/mol. The van der Waals surface area contributed by atoms with Crippen LogP contribution in [0.15, 0.2) is 18.2 Å². The average Bonchev–Trinajstić information content (AvgIpc) is 2.41. The summed E-state index contributed by atoms with van der Waals surface area (Å²) in [6, 6.07) is 6.77. The molecule has 2 rings (SSSR count). The van der Waals surface area contributed by atoms with E-state index in [0.29, 0.717) is 12.3 Å². The summed E-state index contributed by atoms with van der Waals surface area (Å²) in [5.74, 6) is 0.710. The molecule has 0 bridgehead atoms. The van der Waals surface area contributed by atoms with E-state index >= 15 is 0 Å². The number of aryl methyl sites for hydroxylation is 2. The van der Waals surface area contributed by atoms with Crippen LogP contribution in [0.1, 0.15) is 36.5 Å². The van der Waals surface area contributed by atoms with E-state index in [0.717, 1.165) is 25.9 Å². The van der Waals surface area contributed by atoms with Gasteiger partial charge in [0.25, 0.3) is 0 Å². The lowest BCUT2D eigenvalue weighted by atomic mass is 9.88. The van der Waals surface area contributed by atoms with Crippen molar-refractivity contribution < 1.29 is 4.79 Å². The highest BCUT2D eigenvalue weighted by Crippen LogP contribution is 2.22. The van der Waals surface area contributed by atoms with Crippen molar-refractivity contribution in [1.29, 1.82) is 0 Å². The molecule has 1 amide bonds. The Morgan fingerprint density at radius 3 is 2.70 bits per heavy atom. The lowest BCUT2D eigenvalue weighted by Gasteiger charge is -2.36. The Morgan fingerprint density at radius 1 is 1.30 bits per heavy atom. The summed E-state index contributed by atoms with van der Waals surface area (Å²) in [6.07, 6.45) is 2.60. The smallest absolute Gasteiger partial charge is 0.222 e. The molecule has 1 aliphatic heterocycles. The quantitative estimate of drug-likeness (QED) is 0.920. The Labute approximate surface area is 122 Å². The van der Waals surface area contributed by atoms with Crippen LogP contribution < -0.4 is 5.73 Å². The Kier molecular flexibility index (Phi) is 4.81. The molecule has 110 valence electrons. The molecule has 2 unspecified atom stereocenters. The summed E-state index contributed by atoms with van der Waals surface area (Å²) in [5.41, 5.74) is 10.1. The Bertz CT molecular complexity index is 484. The van der Waals surface area contributed by atoms with E-state index < -0.39 is 0 Å². The second-order valence-electron chi connectivity index (χ2n) is 6.14. The lowest BCUT2D eigenvalue weighted by molar-refractivity contribution is -0.133. The third-order valence-corrected chi connectivity index (χ3v) is 4.32. The van der Waals surface area contributed by atoms with Gasteiger partial charge in [0.2, 0.25) is 5.91 Å². The molecule has 1 aromatic rings. The molecule has 0 radical (unpaired) electrons. The van der Waals surface area contributed by atoms with Crippen molar-refractivity contribution in [1.82, 2.24) is 4.90 Å². The predicted octanol–water partition coefficient (Wildman–Crippen LogP) is 2.43. The number of nitrogens with two attached hydrogens (primary N) is 1. The first-order valence-electron chi connectivity index (χ1n) is 7.59. The van der Waals surface area contributed by atoms with Gasteiger partial charge in [-0.2, -0.15) is 0 Å². The number of benzene rings is 1. The highest BCUT2D eigenvalue weighted by molar-refractivity contribution is 5.76. The molecule has 20 heavy (non-hydrogen) atoms. The van der Waals surface area contributed by atoms with Crippen LogP contribution in [0.2, 0.25) is 0 Å². The zero-order chi connectivity index (χ0) is 14.7. The van der Waals surface area contributed by atoms with Gasteiger partial charge in [-0.1, -0.05) is 25.1 Å². The highest BCUT2D eigenvalue weighted by atomic mass is 16.2.